The maximum atomic E-state index is 14.8. The van der Waals surface area contributed by atoms with Gasteiger partial charge in [0.25, 0.3) is 0 Å². The first kappa shape index (κ1) is 26.1. The highest BCUT2D eigenvalue weighted by Gasteiger charge is 2.81. The molecular formula is C25H33N5O6+2. The minimum atomic E-state index is -1.77. The molecule has 3 aliphatic heterocycles. The molecule has 0 N–H and O–H groups in total. The van der Waals surface area contributed by atoms with Gasteiger partial charge in [-0.15, -0.1) is 19.0 Å². The maximum absolute atomic E-state index is 14.8. The van der Waals surface area contributed by atoms with Crippen LogP contribution in [-0.4, -0.2) is 76.5 Å². The first-order chi connectivity index (χ1) is 17.5. The van der Waals surface area contributed by atoms with Gasteiger partial charge < -0.3 is 0 Å². The summed E-state index contributed by atoms with van der Waals surface area (Å²) in [5.41, 5.74) is -1.77. The van der Waals surface area contributed by atoms with Gasteiger partial charge in [0.15, 0.2) is 0 Å². The molecule has 3 saturated heterocycles. The average molecular weight is 500 g/mol. The summed E-state index contributed by atoms with van der Waals surface area (Å²) in [6, 6.07) is -1.66. The van der Waals surface area contributed by atoms with Crippen LogP contribution in [0, 0.1) is 5.41 Å². The molecule has 4 aliphatic rings. The number of hydrogen-bond donors (Lipinski definition) is 0. The fourth-order valence-corrected chi connectivity index (χ4v) is 7.20. The summed E-state index contributed by atoms with van der Waals surface area (Å²) in [4.78, 5) is 90.9. The summed E-state index contributed by atoms with van der Waals surface area (Å²) in [6.07, 6.45) is 9.47. The lowest BCUT2D eigenvalue weighted by atomic mass is 9.70. The molecule has 0 aromatic rings. The van der Waals surface area contributed by atoms with Crippen LogP contribution < -0.4 is 0 Å². The normalized spacial score (nSPS) is 39.3. The molecule has 1 saturated carbocycles. The smallest absolute Gasteiger partial charge is 0.228 e. The first-order valence-corrected chi connectivity index (χ1v) is 13.1. The standard InChI is InChI=1S/C25H33N5O6/c31-16-26-19-10-4-1-7-13-25(19)22(34)29(14-8-2-5-11-20(29)27-17-32)24(36)30(23(25)35)15-9-3-6-12-21(30)28-18-33/h19-21H,1-15H2/q+2. The Morgan fingerprint density at radius 2 is 1.08 bits per heavy atom. The molecule has 0 radical (unpaired) electrons. The Balaban J connectivity index is 2.10. The van der Waals surface area contributed by atoms with Crippen LogP contribution in [0.3, 0.4) is 0 Å². The number of carbonyl (C=O) groups is 3. The van der Waals surface area contributed by atoms with E-state index in [1.807, 2.05) is 0 Å². The third-order valence-corrected chi connectivity index (χ3v) is 8.86. The molecule has 5 unspecified atom stereocenters. The van der Waals surface area contributed by atoms with Crippen LogP contribution in [0.15, 0.2) is 15.0 Å². The van der Waals surface area contributed by atoms with Crippen molar-refractivity contribution in [2.45, 2.75) is 102 Å². The zero-order chi connectivity index (χ0) is 25.8. The van der Waals surface area contributed by atoms with Crippen molar-refractivity contribution in [3.63, 3.8) is 0 Å². The number of rotatable bonds is 3. The minimum Gasteiger partial charge on any atom is -0.228 e. The van der Waals surface area contributed by atoms with Crippen molar-refractivity contribution >= 4 is 36.1 Å². The van der Waals surface area contributed by atoms with Gasteiger partial charge in [-0.05, 0) is 51.4 Å². The van der Waals surface area contributed by atoms with Crippen molar-refractivity contribution in [1.29, 1.82) is 0 Å². The highest BCUT2D eigenvalue weighted by atomic mass is 16.2. The fraction of sp³-hybridized carbons (Fsp3) is 0.760. The molecule has 5 atom stereocenters. The Labute approximate surface area is 209 Å². The van der Waals surface area contributed by atoms with E-state index in [9.17, 15) is 28.8 Å². The number of urea groups is 1. The van der Waals surface area contributed by atoms with Crippen LogP contribution in [0.4, 0.5) is 4.79 Å². The molecule has 3 spiro atoms. The van der Waals surface area contributed by atoms with Gasteiger partial charge in [0, 0.05) is 12.8 Å². The van der Waals surface area contributed by atoms with Gasteiger partial charge in [-0.25, -0.2) is 29.0 Å². The van der Waals surface area contributed by atoms with Crippen LogP contribution in [0.1, 0.15) is 83.5 Å². The number of quaternary nitrogens is 2. The molecule has 36 heavy (non-hydrogen) atoms. The Kier molecular flexibility index (Phi) is 7.69. The topological polar surface area (TPSA) is 140 Å². The number of hydrogen-bond acceptors (Lipinski definition) is 9. The Hall–Kier alpha value is -2.93. The van der Waals surface area contributed by atoms with Crippen LogP contribution in [-0.2, 0) is 24.0 Å². The molecule has 0 aromatic heterocycles. The number of nitrogens with zero attached hydrogens (tertiary/aromatic N) is 5. The number of carbonyl (C=O) groups excluding carboxylic acids is 6. The molecule has 4 fully saturated rings. The molecule has 192 valence electrons. The van der Waals surface area contributed by atoms with Gasteiger partial charge in [-0.3, -0.25) is 0 Å². The number of barbiturate groups is 1. The minimum absolute atomic E-state index is 0.0809. The zero-order valence-corrected chi connectivity index (χ0v) is 20.5. The van der Waals surface area contributed by atoms with Crippen molar-refractivity contribution in [1.82, 2.24) is 0 Å². The lowest BCUT2D eigenvalue weighted by molar-refractivity contribution is -0.935. The monoisotopic (exact) mass is 499 g/mol. The SMILES string of the molecule is O=C=NC1CCCCCC12C(=O)[N+]1(CCCCCC1N=C=O)C(=O)[N+]1(CCCCCC1N=C=O)C2=O. The maximum Gasteiger partial charge on any atom is 0.532 e. The van der Waals surface area contributed by atoms with E-state index >= 15 is 0 Å². The quantitative estimate of drug-likeness (QED) is 0.253. The van der Waals surface area contributed by atoms with Crippen molar-refractivity contribution in [3.05, 3.63) is 0 Å². The van der Waals surface area contributed by atoms with Crippen molar-refractivity contribution < 1.29 is 37.7 Å². The van der Waals surface area contributed by atoms with Gasteiger partial charge in [0.05, 0.1) is 6.04 Å². The fourth-order valence-electron chi connectivity index (χ4n) is 7.20. The van der Waals surface area contributed by atoms with Gasteiger partial charge >= 0.3 is 17.8 Å². The lowest BCUT2D eigenvalue weighted by Gasteiger charge is -2.52. The van der Waals surface area contributed by atoms with E-state index in [2.05, 4.69) is 15.0 Å². The van der Waals surface area contributed by atoms with Gasteiger partial charge in [0.2, 0.25) is 36.0 Å². The van der Waals surface area contributed by atoms with Crippen molar-refractivity contribution in [3.8, 4) is 0 Å². The Morgan fingerprint density at radius 3 is 1.58 bits per heavy atom. The second-order valence-electron chi connectivity index (χ2n) is 10.5. The summed E-state index contributed by atoms with van der Waals surface area (Å²) < 4.78 is -1.59. The number of amides is 4. The van der Waals surface area contributed by atoms with Gasteiger partial charge in [-0.1, -0.05) is 19.3 Å². The van der Waals surface area contributed by atoms with E-state index in [0.29, 0.717) is 57.8 Å². The second kappa shape index (κ2) is 10.6. The summed E-state index contributed by atoms with van der Waals surface area (Å²) in [6.45, 7) is 0.162. The van der Waals surface area contributed by atoms with Crippen molar-refractivity contribution in [2.24, 2.45) is 20.4 Å². The number of aliphatic imine (C=N–C) groups is 3. The lowest BCUT2D eigenvalue weighted by Crippen LogP contribution is -2.85. The third kappa shape index (κ3) is 3.71. The Morgan fingerprint density at radius 1 is 0.611 bits per heavy atom. The van der Waals surface area contributed by atoms with Crippen LogP contribution >= 0.6 is 0 Å². The highest BCUT2D eigenvalue weighted by Crippen LogP contribution is 2.52. The number of isocyanates is 3. The molecule has 0 aromatic carbocycles. The summed E-state index contributed by atoms with van der Waals surface area (Å²) in [5.74, 6) is -1.26. The molecule has 0 bridgehead atoms. The van der Waals surface area contributed by atoms with Gasteiger partial charge in [-0.2, -0.15) is 4.79 Å². The molecule has 11 nitrogen and oxygen atoms in total. The summed E-state index contributed by atoms with van der Waals surface area (Å²) >= 11 is 0. The first-order valence-electron chi connectivity index (χ1n) is 13.1. The summed E-state index contributed by atoms with van der Waals surface area (Å²) in [5, 5.41) is 0. The van der Waals surface area contributed by atoms with E-state index in [1.165, 1.54) is 0 Å². The predicted molar refractivity (Wildman–Crippen MR) is 124 cm³/mol. The molecule has 1 aliphatic carbocycles. The molecule has 4 amide bonds. The molecule has 4 rings (SSSR count). The second-order valence-corrected chi connectivity index (χ2v) is 10.5. The van der Waals surface area contributed by atoms with Gasteiger partial charge in [0.1, 0.15) is 13.1 Å². The van der Waals surface area contributed by atoms with E-state index in [1.54, 1.807) is 18.2 Å². The summed E-state index contributed by atoms with van der Waals surface area (Å²) in [7, 11) is 0. The highest BCUT2D eigenvalue weighted by molar-refractivity contribution is 6.09. The van der Waals surface area contributed by atoms with E-state index < -0.39 is 50.6 Å². The molecule has 3 heterocycles. The van der Waals surface area contributed by atoms with E-state index in [4.69, 9.17) is 0 Å². The largest absolute Gasteiger partial charge is 0.532 e. The molecular weight excluding hydrogens is 466 g/mol. The number of imide groups is 2. The van der Waals surface area contributed by atoms with Crippen LogP contribution in [0.25, 0.3) is 0 Å². The zero-order valence-electron chi connectivity index (χ0n) is 20.5. The molecule has 11 heteroatoms. The van der Waals surface area contributed by atoms with Crippen molar-refractivity contribution in [2.75, 3.05) is 13.1 Å². The third-order valence-electron chi connectivity index (χ3n) is 8.86. The van der Waals surface area contributed by atoms with E-state index in [-0.39, 0.29) is 19.5 Å². The predicted octanol–water partition coefficient (Wildman–Crippen LogP) is 2.93. The van der Waals surface area contributed by atoms with E-state index in [0.717, 1.165) is 19.3 Å². The van der Waals surface area contributed by atoms with Crippen LogP contribution in [0.5, 0.6) is 0 Å². The average Bonchev–Trinajstić information content (AvgIpc) is 3.31. The Bertz CT molecular complexity index is 918. The van der Waals surface area contributed by atoms with Crippen LogP contribution in [0.2, 0.25) is 0 Å².